The monoisotopic (exact) mass is 380 g/mol. The van der Waals surface area contributed by atoms with Gasteiger partial charge >= 0.3 is 0 Å². The summed E-state index contributed by atoms with van der Waals surface area (Å²) in [6, 6.07) is 14.3. The first-order chi connectivity index (χ1) is 9.54. The van der Waals surface area contributed by atoms with Crippen molar-refractivity contribution in [2.24, 2.45) is 0 Å². The predicted molar refractivity (Wildman–Crippen MR) is 87.9 cm³/mol. The number of benzene rings is 2. The van der Waals surface area contributed by atoms with Crippen LogP contribution in [0.5, 0.6) is 0 Å². The smallest absolute Gasteiger partial charge is 0.255 e. The van der Waals surface area contributed by atoms with Crippen molar-refractivity contribution >= 4 is 45.8 Å². The standard InChI is InChI=1S/C15H13IN2O2/c1-10(19)17-13-5-7-14(8-6-13)18-15(20)11-3-2-4-12(16)9-11/h2-9H,1H3,(H,17,19)(H,18,20). The first-order valence-corrected chi connectivity index (χ1v) is 7.07. The lowest BCUT2D eigenvalue weighted by Crippen LogP contribution is -2.12. The van der Waals surface area contributed by atoms with Gasteiger partial charge in [0.25, 0.3) is 5.91 Å². The van der Waals surface area contributed by atoms with Crippen molar-refractivity contribution in [3.8, 4) is 0 Å². The van der Waals surface area contributed by atoms with Gasteiger partial charge in [0.1, 0.15) is 0 Å². The van der Waals surface area contributed by atoms with Crippen LogP contribution in [-0.2, 0) is 4.79 Å². The highest BCUT2D eigenvalue weighted by Gasteiger charge is 2.06. The zero-order valence-electron chi connectivity index (χ0n) is 10.8. The molecule has 2 aromatic carbocycles. The maximum atomic E-state index is 12.0. The van der Waals surface area contributed by atoms with Gasteiger partial charge in [-0.2, -0.15) is 0 Å². The molecule has 0 fully saturated rings. The number of hydrogen-bond donors (Lipinski definition) is 2. The van der Waals surface area contributed by atoms with Crippen molar-refractivity contribution in [2.45, 2.75) is 6.92 Å². The molecule has 4 nitrogen and oxygen atoms in total. The van der Waals surface area contributed by atoms with E-state index in [0.717, 1.165) is 3.57 Å². The summed E-state index contributed by atoms with van der Waals surface area (Å²) in [4.78, 5) is 23.0. The second kappa shape index (κ2) is 6.51. The van der Waals surface area contributed by atoms with Gasteiger partial charge in [0, 0.05) is 27.4 Å². The minimum atomic E-state index is -0.157. The molecule has 2 amide bonds. The third-order valence-corrected chi connectivity index (χ3v) is 3.22. The van der Waals surface area contributed by atoms with E-state index in [4.69, 9.17) is 0 Å². The zero-order valence-corrected chi connectivity index (χ0v) is 13.0. The number of anilines is 2. The molecule has 0 bridgehead atoms. The normalized spacial score (nSPS) is 9.90. The summed E-state index contributed by atoms with van der Waals surface area (Å²) < 4.78 is 1.01. The van der Waals surface area contributed by atoms with E-state index in [2.05, 4.69) is 33.2 Å². The van der Waals surface area contributed by atoms with Crippen LogP contribution >= 0.6 is 22.6 Å². The van der Waals surface area contributed by atoms with Crippen LogP contribution in [0.25, 0.3) is 0 Å². The number of hydrogen-bond acceptors (Lipinski definition) is 2. The van der Waals surface area contributed by atoms with Crippen molar-refractivity contribution in [3.05, 3.63) is 57.7 Å². The molecule has 20 heavy (non-hydrogen) atoms. The van der Waals surface area contributed by atoms with E-state index >= 15 is 0 Å². The average molecular weight is 380 g/mol. The molecule has 2 N–H and O–H groups in total. The van der Waals surface area contributed by atoms with Crippen molar-refractivity contribution < 1.29 is 9.59 Å². The Kier molecular flexibility index (Phi) is 4.73. The van der Waals surface area contributed by atoms with Crippen molar-refractivity contribution in [1.82, 2.24) is 0 Å². The van der Waals surface area contributed by atoms with Gasteiger partial charge in [0.15, 0.2) is 0 Å². The van der Waals surface area contributed by atoms with Crippen molar-refractivity contribution in [1.29, 1.82) is 0 Å². The SMILES string of the molecule is CC(=O)Nc1ccc(NC(=O)c2cccc(I)c2)cc1. The fourth-order valence-electron chi connectivity index (χ4n) is 1.67. The molecular formula is C15H13IN2O2. The largest absolute Gasteiger partial charge is 0.326 e. The zero-order chi connectivity index (χ0) is 14.5. The molecule has 0 saturated heterocycles. The van der Waals surface area contributed by atoms with Gasteiger partial charge in [-0.25, -0.2) is 0 Å². The number of rotatable bonds is 3. The first-order valence-electron chi connectivity index (χ1n) is 5.99. The Balaban J connectivity index is 2.06. The third kappa shape index (κ3) is 4.06. The first kappa shape index (κ1) is 14.5. The Bertz CT molecular complexity index is 639. The molecule has 5 heteroatoms. The summed E-state index contributed by atoms with van der Waals surface area (Å²) in [5.74, 6) is -0.281. The highest BCUT2D eigenvalue weighted by atomic mass is 127. The minimum Gasteiger partial charge on any atom is -0.326 e. The number of amides is 2. The predicted octanol–water partition coefficient (Wildman–Crippen LogP) is 3.50. The van der Waals surface area contributed by atoms with E-state index in [1.807, 2.05) is 18.2 Å². The molecule has 0 heterocycles. The Morgan fingerprint density at radius 1 is 0.950 bits per heavy atom. The van der Waals surface area contributed by atoms with Crippen LogP contribution in [0, 0.1) is 3.57 Å². The maximum absolute atomic E-state index is 12.0. The third-order valence-electron chi connectivity index (χ3n) is 2.55. The van der Waals surface area contributed by atoms with Gasteiger partial charge in [0.05, 0.1) is 0 Å². The fraction of sp³-hybridized carbons (Fsp3) is 0.0667. The van der Waals surface area contributed by atoms with Gasteiger partial charge in [-0.1, -0.05) is 6.07 Å². The number of halogens is 1. The number of nitrogens with one attached hydrogen (secondary N) is 2. The summed E-state index contributed by atoms with van der Waals surface area (Å²) in [6.45, 7) is 1.45. The number of carbonyl (C=O) groups excluding carboxylic acids is 2. The molecule has 0 aliphatic rings. The van der Waals surface area contributed by atoms with Crippen LogP contribution in [-0.4, -0.2) is 11.8 Å². The summed E-state index contributed by atoms with van der Waals surface area (Å²) in [6.07, 6.45) is 0. The van der Waals surface area contributed by atoms with Crippen LogP contribution in [0.3, 0.4) is 0 Å². The van der Waals surface area contributed by atoms with Crippen LogP contribution in [0.1, 0.15) is 17.3 Å². The molecule has 2 rings (SSSR count). The van der Waals surface area contributed by atoms with Gasteiger partial charge in [-0.05, 0) is 65.1 Å². The van der Waals surface area contributed by atoms with Gasteiger partial charge < -0.3 is 10.6 Å². The molecule has 0 spiro atoms. The highest BCUT2D eigenvalue weighted by molar-refractivity contribution is 14.1. The highest BCUT2D eigenvalue weighted by Crippen LogP contribution is 2.15. The lowest BCUT2D eigenvalue weighted by Gasteiger charge is -2.07. The van der Waals surface area contributed by atoms with E-state index in [0.29, 0.717) is 16.9 Å². The van der Waals surface area contributed by atoms with Crippen molar-refractivity contribution in [2.75, 3.05) is 10.6 Å². The second-order valence-electron chi connectivity index (χ2n) is 4.22. The topological polar surface area (TPSA) is 58.2 Å². The number of carbonyl (C=O) groups is 2. The molecule has 0 radical (unpaired) electrons. The quantitative estimate of drug-likeness (QED) is 0.801. The summed E-state index contributed by atoms with van der Waals surface area (Å²) in [5, 5.41) is 5.48. The summed E-state index contributed by atoms with van der Waals surface area (Å²) >= 11 is 2.16. The Labute approximate surface area is 130 Å². The summed E-state index contributed by atoms with van der Waals surface area (Å²) in [7, 11) is 0. The van der Waals surface area contributed by atoms with E-state index in [9.17, 15) is 9.59 Å². The van der Waals surface area contributed by atoms with E-state index in [-0.39, 0.29) is 11.8 Å². The molecule has 0 aliphatic heterocycles. The Morgan fingerprint density at radius 3 is 2.10 bits per heavy atom. The lowest BCUT2D eigenvalue weighted by atomic mass is 10.2. The van der Waals surface area contributed by atoms with E-state index < -0.39 is 0 Å². The van der Waals surface area contributed by atoms with E-state index in [1.165, 1.54) is 6.92 Å². The van der Waals surface area contributed by atoms with Crippen LogP contribution < -0.4 is 10.6 Å². The lowest BCUT2D eigenvalue weighted by molar-refractivity contribution is -0.114. The maximum Gasteiger partial charge on any atom is 0.255 e. The molecular weight excluding hydrogens is 367 g/mol. The Hall–Kier alpha value is -1.89. The molecule has 0 aromatic heterocycles. The van der Waals surface area contributed by atoms with Gasteiger partial charge in [0.2, 0.25) is 5.91 Å². The van der Waals surface area contributed by atoms with Crippen LogP contribution in [0.2, 0.25) is 0 Å². The molecule has 2 aromatic rings. The van der Waals surface area contributed by atoms with Crippen LogP contribution in [0.4, 0.5) is 11.4 Å². The van der Waals surface area contributed by atoms with Crippen LogP contribution in [0.15, 0.2) is 48.5 Å². The molecule has 102 valence electrons. The second-order valence-corrected chi connectivity index (χ2v) is 5.47. The Morgan fingerprint density at radius 2 is 1.55 bits per heavy atom. The summed E-state index contributed by atoms with van der Waals surface area (Å²) in [5.41, 5.74) is 2.00. The van der Waals surface area contributed by atoms with E-state index in [1.54, 1.807) is 30.3 Å². The average Bonchev–Trinajstić information content (AvgIpc) is 2.40. The molecule has 0 saturated carbocycles. The molecule has 0 atom stereocenters. The fourth-order valence-corrected chi connectivity index (χ4v) is 2.22. The molecule has 0 aliphatic carbocycles. The van der Waals surface area contributed by atoms with Crippen molar-refractivity contribution in [3.63, 3.8) is 0 Å². The minimum absolute atomic E-state index is 0.124. The molecule has 0 unspecified atom stereocenters. The van der Waals surface area contributed by atoms with Gasteiger partial charge in [-0.15, -0.1) is 0 Å². The van der Waals surface area contributed by atoms with Gasteiger partial charge in [-0.3, -0.25) is 9.59 Å².